The number of aliphatic hydroxyl groups excluding tert-OH is 2. The van der Waals surface area contributed by atoms with Gasteiger partial charge in [-0.3, -0.25) is 10.1 Å². The summed E-state index contributed by atoms with van der Waals surface area (Å²) in [7, 11) is 0. The number of fused-ring (bicyclic) bond motifs is 6. The molecule has 4 aromatic rings. The van der Waals surface area contributed by atoms with Gasteiger partial charge >= 0.3 is 0 Å². The lowest BCUT2D eigenvalue weighted by Gasteiger charge is -2.40. The Morgan fingerprint density at radius 3 is 2.76 bits per heavy atom. The fourth-order valence-electron chi connectivity index (χ4n) is 10.2. The van der Waals surface area contributed by atoms with Crippen molar-refractivity contribution in [3.63, 3.8) is 0 Å². The van der Waals surface area contributed by atoms with Crippen LogP contribution in [-0.2, 0) is 11.2 Å². The van der Waals surface area contributed by atoms with Crippen molar-refractivity contribution in [1.29, 1.82) is 0 Å². The second kappa shape index (κ2) is 14.9. The first-order chi connectivity index (χ1) is 26.8. The number of carbonyl (C=O) groups excluding carboxylic acids is 1. The largest absolute Gasteiger partial charge is 0.465 e. The molecular formula is C46H52N4O5. The van der Waals surface area contributed by atoms with E-state index in [1.165, 1.54) is 16.7 Å². The van der Waals surface area contributed by atoms with Crippen LogP contribution in [0.5, 0.6) is 11.5 Å². The highest BCUT2D eigenvalue weighted by molar-refractivity contribution is 5.84. The van der Waals surface area contributed by atoms with Gasteiger partial charge < -0.3 is 35.0 Å². The number of aromatic amines is 1. The number of nitrogens with one attached hydrogen (secondary N) is 2. The molecule has 286 valence electrons. The first-order valence-corrected chi connectivity index (χ1v) is 20.5. The number of unbranched alkanes of at least 4 members (excludes halogenated alkanes) is 2. The molecule has 2 aromatic heterocycles. The standard InChI is InChI=1S/C46H52N4O5/c1-2-3-4-7-30(51)23-31(52)11-8-28-9-17-40-41(22-28)55-45-37(46(20-21-54-40)18-5-6-19-46)15-16-39(53)33-13-14-34-42-29(24-49-44(34)47)10-12-32(43(33)42)35-25-48-38-27-50(45)26-36(35)38/h9,13-14,17,22,25-27,29-30,32,37,39,44-45,48-49,51,53H,2-8,10-12,18-19,23-24,47H2,1H3/t29-,30+,32-,37-,39-,44-,45-/m0/s1. The summed E-state index contributed by atoms with van der Waals surface area (Å²) in [5.41, 5.74) is 13.7. The van der Waals surface area contributed by atoms with Gasteiger partial charge in [0.25, 0.3) is 0 Å². The van der Waals surface area contributed by atoms with Crippen molar-refractivity contribution < 1.29 is 24.5 Å². The molecule has 5 aliphatic rings. The Morgan fingerprint density at radius 1 is 1.05 bits per heavy atom. The minimum absolute atomic E-state index is 0.0558. The van der Waals surface area contributed by atoms with Gasteiger partial charge in [-0.15, -0.1) is 0 Å². The summed E-state index contributed by atoms with van der Waals surface area (Å²) in [5, 5.41) is 27.2. The van der Waals surface area contributed by atoms with Crippen LogP contribution in [0.25, 0.3) is 10.9 Å². The summed E-state index contributed by atoms with van der Waals surface area (Å²) in [5.74, 6) is 11.7. The Balaban J connectivity index is 1.12. The van der Waals surface area contributed by atoms with E-state index < -0.39 is 29.8 Å². The smallest absolute Gasteiger partial charge is 0.191 e. The quantitative estimate of drug-likeness (QED) is 0.0885. The number of ketones is 1. The molecule has 0 unspecified atom stereocenters. The van der Waals surface area contributed by atoms with Gasteiger partial charge in [0.15, 0.2) is 17.7 Å². The van der Waals surface area contributed by atoms with Crippen LogP contribution in [0, 0.1) is 35.2 Å². The second-order valence-corrected chi connectivity index (χ2v) is 16.6. The minimum Gasteiger partial charge on any atom is -0.465 e. The summed E-state index contributed by atoms with van der Waals surface area (Å²) in [6.45, 7) is 2.96. The van der Waals surface area contributed by atoms with Crippen LogP contribution in [0.1, 0.15) is 148 Å². The molecule has 9 nitrogen and oxygen atoms in total. The number of aliphatic hydroxyl groups is 2. The number of aromatic nitrogens is 2. The van der Waals surface area contributed by atoms with E-state index in [1.807, 2.05) is 24.3 Å². The molecule has 3 aliphatic heterocycles. The number of Topliss-reactive ketones (excluding diaryl/α,β-unsaturated/α-hetero) is 1. The van der Waals surface area contributed by atoms with E-state index in [9.17, 15) is 15.0 Å². The Labute approximate surface area is 323 Å². The van der Waals surface area contributed by atoms with Gasteiger partial charge in [0.1, 0.15) is 18.0 Å². The Morgan fingerprint density at radius 2 is 1.91 bits per heavy atom. The average Bonchev–Trinajstić information content (AvgIpc) is 3.93. The maximum atomic E-state index is 12.9. The second-order valence-electron chi connectivity index (χ2n) is 16.6. The molecule has 6 N–H and O–H groups in total. The molecule has 1 fully saturated rings. The molecule has 1 saturated carbocycles. The van der Waals surface area contributed by atoms with Crippen LogP contribution in [0.3, 0.4) is 0 Å². The lowest BCUT2D eigenvalue weighted by atomic mass is 9.68. The molecule has 5 heterocycles. The molecule has 0 radical (unpaired) electrons. The highest BCUT2D eigenvalue weighted by atomic mass is 16.5. The molecule has 2 aromatic carbocycles. The molecule has 2 aliphatic carbocycles. The Bertz CT molecular complexity index is 2220. The number of hydrogen-bond donors (Lipinski definition) is 5. The number of carbonyl (C=O) groups is 1. The monoisotopic (exact) mass is 740 g/mol. The number of ether oxygens (including phenoxy) is 2. The third-order valence-corrected chi connectivity index (χ3v) is 13.1. The van der Waals surface area contributed by atoms with Crippen molar-refractivity contribution in [2.45, 2.75) is 127 Å². The van der Waals surface area contributed by atoms with Crippen molar-refractivity contribution in [2.75, 3.05) is 6.54 Å². The lowest BCUT2D eigenvalue weighted by molar-refractivity contribution is -0.121. The van der Waals surface area contributed by atoms with Crippen LogP contribution in [0.2, 0.25) is 0 Å². The molecule has 55 heavy (non-hydrogen) atoms. The van der Waals surface area contributed by atoms with Crippen LogP contribution >= 0.6 is 0 Å². The van der Waals surface area contributed by atoms with Crippen molar-refractivity contribution in [3.8, 4) is 35.4 Å². The molecule has 0 saturated heterocycles. The normalized spacial score (nSPS) is 26.2. The summed E-state index contributed by atoms with van der Waals surface area (Å²) < 4.78 is 15.4. The van der Waals surface area contributed by atoms with Gasteiger partial charge in [-0.1, -0.05) is 75.0 Å². The molecule has 7 atom stereocenters. The van der Waals surface area contributed by atoms with Gasteiger partial charge in [0, 0.05) is 49.3 Å². The fourth-order valence-corrected chi connectivity index (χ4v) is 10.2. The summed E-state index contributed by atoms with van der Waals surface area (Å²) in [4.78, 5) is 16.5. The van der Waals surface area contributed by atoms with Crippen molar-refractivity contribution >= 4 is 16.7 Å². The predicted octanol–water partition coefficient (Wildman–Crippen LogP) is 7.53. The molecule has 1 spiro atoms. The van der Waals surface area contributed by atoms with E-state index in [1.54, 1.807) is 0 Å². The summed E-state index contributed by atoms with van der Waals surface area (Å²) in [6, 6.07) is 9.94. The first kappa shape index (κ1) is 36.1. The topological polar surface area (TPSA) is 135 Å². The van der Waals surface area contributed by atoms with E-state index in [0.717, 1.165) is 91.9 Å². The fraction of sp³-hybridized carbons (Fsp3) is 0.500. The summed E-state index contributed by atoms with van der Waals surface area (Å²) >= 11 is 0. The minimum atomic E-state index is -1.01. The van der Waals surface area contributed by atoms with Gasteiger partial charge in [-0.05, 0) is 90.0 Å². The van der Waals surface area contributed by atoms with Gasteiger partial charge in [-0.25, -0.2) is 0 Å². The van der Waals surface area contributed by atoms with E-state index in [4.69, 9.17) is 15.2 Å². The van der Waals surface area contributed by atoms with Crippen LogP contribution in [-0.4, -0.2) is 38.2 Å². The van der Waals surface area contributed by atoms with Gasteiger partial charge in [0.2, 0.25) is 0 Å². The third kappa shape index (κ3) is 6.66. The highest BCUT2D eigenvalue weighted by Gasteiger charge is 2.47. The number of nitrogens with zero attached hydrogens (tertiary/aromatic N) is 1. The predicted molar refractivity (Wildman–Crippen MR) is 211 cm³/mol. The van der Waals surface area contributed by atoms with Crippen molar-refractivity contribution in [2.24, 2.45) is 17.1 Å². The zero-order valence-electron chi connectivity index (χ0n) is 31.7. The zero-order chi connectivity index (χ0) is 37.7. The summed E-state index contributed by atoms with van der Waals surface area (Å²) in [6.07, 6.45) is 17.6. The van der Waals surface area contributed by atoms with Gasteiger partial charge in [0.05, 0.1) is 29.1 Å². The van der Waals surface area contributed by atoms with Crippen molar-refractivity contribution in [3.05, 3.63) is 82.3 Å². The maximum absolute atomic E-state index is 12.9. The van der Waals surface area contributed by atoms with Gasteiger partial charge in [-0.2, -0.15) is 0 Å². The number of aryl methyl sites for hydroxylation is 1. The van der Waals surface area contributed by atoms with Crippen LogP contribution in [0.4, 0.5) is 0 Å². The van der Waals surface area contributed by atoms with E-state index in [2.05, 4.69) is 70.3 Å². The SMILES string of the molecule is CCCCC[C@@H](O)CC(=O)CCc1ccc2c(c1)O[C@H]1[C@H](C#C[C@H](O)c3ccc4c5c3[C@@H](CC[C@H]5CN[C@@H]4N)c3c[nH]c4cn1cc34)C1(C#CO2)CCCC1. The van der Waals surface area contributed by atoms with E-state index >= 15 is 0 Å². The van der Waals surface area contributed by atoms with E-state index in [0.29, 0.717) is 36.7 Å². The molecule has 0 amide bonds. The van der Waals surface area contributed by atoms with Crippen molar-refractivity contribution in [1.82, 2.24) is 14.9 Å². The van der Waals surface area contributed by atoms with Crippen LogP contribution in [0.15, 0.2) is 48.9 Å². The maximum Gasteiger partial charge on any atom is 0.191 e. The molecule has 2 bridgehead atoms. The number of benzene rings is 2. The molecular weight excluding hydrogens is 689 g/mol. The average molecular weight is 741 g/mol. The number of nitrogens with two attached hydrogens (primary N) is 1. The molecule has 9 rings (SSSR count). The zero-order valence-corrected chi connectivity index (χ0v) is 31.7. The number of H-pyrrole nitrogens is 1. The molecule has 9 heteroatoms. The number of rotatable bonds is 9. The van der Waals surface area contributed by atoms with Crippen LogP contribution < -0.4 is 20.5 Å². The lowest BCUT2D eigenvalue weighted by Crippen LogP contribution is -2.40. The Kier molecular flexibility index (Phi) is 9.77. The highest BCUT2D eigenvalue weighted by Crippen LogP contribution is 2.53. The third-order valence-electron chi connectivity index (χ3n) is 13.1. The van der Waals surface area contributed by atoms with E-state index in [-0.39, 0.29) is 24.3 Å². The first-order valence-electron chi connectivity index (χ1n) is 20.5. The number of hydrogen-bond acceptors (Lipinski definition) is 7. The Hall–Kier alpha value is -4.51.